The molecule has 16 heavy (non-hydrogen) atoms. The van der Waals surface area contributed by atoms with Crippen LogP contribution in [0.5, 0.6) is 0 Å². The summed E-state index contributed by atoms with van der Waals surface area (Å²) in [6.07, 6.45) is -5.00. The molecule has 0 amide bonds. The topological polar surface area (TPSA) is 127 Å². The smallest absolute Gasteiger partial charge is 0.264 e. The summed E-state index contributed by atoms with van der Waals surface area (Å²) in [4.78, 5) is 11.2. The second kappa shape index (κ2) is 4.30. The van der Waals surface area contributed by atoms with Gasteiger partial charge in [0.25, 0.3) is 4.70 Å². The van der Waals surface area contributed by atoms with Crippen LogP contribution in [0, 0.1) is 0 Å². The van der Waals surface area contributed by atoms with Crippen molar-refractivity contribution in [3.63, 3.8) is 0 Å². The first-order valence-corrected chi connectivity index (χ1v) is 5.27. The van der Waals surface area contributed by atoms with E-state index in [1.807, 2.05) is 0 Å². The Hall–Kier alpha value is -0.0900. The Kier molecular flexibility index (Phi) is 3.75. The van der Waals surface area contributed by atoms with Crippen LogP contribution in [0.3, 0.4) is 0 Å². The van der Waals surface area contributed by atoms with Crippen molar-refractivity contribution in [1.29, 1.82) is 0 Å². The van der Waals surface area contributed by atoms with Crippen LogP contribution in [-0.4, -0.2) is 66.5 Å². The highest BCUT2D eigenvalue weighted by Crippen LogP contribution is 2.41. The lowest BCUT2D eigenvalue weighted by atomic mass is 9.83. The van der Waals surface area contributed by atoms with Gasteiger partial charge in [-0.1, -0.05) is 0 Å². The molecule has 94 valence electrons. The number of rotatable bonds is 2. The van der Waals surface area contributed by atoms with E-state index in [4.69, 9.17) is 9.84 Å². The van der Waals surface area contributed by atoms with E-state index in [9.17, 15) is 25.2 Å². The van der Waals surface area contributed by atoms with Gasteiger partial charge in [-0.25, -0.2) is 0 Å². The van der Waals surface area contributed by atoms with Crippen molar-refractivity contribution in [1.82, 2.24) is 0 Å². The lowest BCUT2D eigenvalue weighted by Crippen LogP contribution is -2.73. The minimum Gasteiger partial charge on any atom is -0.394 e. The van der Waals surface area contributed by atoms with Crippen molar-refractivity contribution in [3.8, 4) is 0 Å². The van der Waals surface area contributed by atoms with Crippen LogP contribution in [0.15, 0.2) is 0 Å². The minimum atomic E-state index is -2.71. The molecule has 1 aliphatic rings. The number of halogens is 1. The summed E-state index contributed by atoms with van der Waals surface area (Å²) in [7, 11) is 0. The van der Waals surface area contributed by atoms with Crippen molar-refractivity contribution < 1.29 is 35.1 Å². The number of aliphatic hydroxyl groups excluding tert-OH is 3. The molecule has 0 aromatic carbocycles. The Balaban J connectivity index is 3.15. The number of carbonyl (C=O) groups excluding carboxylic acids is 1. The van der Waals surface area contributed by atoms with Crippen LogP contribution < -0.4 is 0 Å². The fourth-order valence-electron chi connectivity index (χ4n) is 1.56. The molecule has 7 nitrogen and oxygen atoms in total. The molecule has 1 aliphatic heterocycles. The molecular weight excluding hydrogens is 288 g/mol. The van der Waals surface area contributed by atoms with E-state index < -0.39 is 41.0 Å². The molecule has 0 unspecified atom stereocenters. The van der Waals surface area contributed by atoms with Gasteiger partial charge in [0.15, 0.2) is 5.78 Å². The highest BCUT2D eigenvalue weighted by Gasteiger charge is 2.65. The third kappa shape index (κ3) is 1.80. The van der Waals surface area contributed by atoms with Crippen LogP contribution in [0.4, 0.5) is 0 Å². The number of ether oxygens (including phenoxy) is 1. The average molecular weight is 301 g/mol. The summed E-state index contributed by atoms with van der Waals surface area (Å²) in [5.74, 6) is -0.991. The normalized spacial score (nSPS) is 49.1. The third-order valence-corrected chi connectivity index (χ3v) is 3.42. The molecule has 1 saturated heterocycles. The lowest BCUT2D eigenvalue weighted by molar-refractivity contribution is -0.330. The Morgan fingerprint density at radius 3 is 2.31 bits per heavy atom. The number of hydrogen-bond acceptors (Lipinski definition) is 7. The van der Waals surface area contributed by atoms with Crippen molar-refractivity contribution in [2.45, 2.75) is 35.5 Å². The lowest BCUT2D eigenvalue weighted by Gasteiger charge is -2.48. The Morgan fingerprint density at radius 2 is 1.94 bits per heavy atom. The van der Waals surface area contributed by atoms with E-state index >= 15 is 0 Å². The second-order valence-electron chi connectivity index (χ2n) is 3.66. The molecule has 0 aromatic heterocycles. The number of aliphatic hydroxyl groups is 5. The molecule has 0 aliphatic carbocycles. The number of carbonyl (C=O) groups is 1. The fraction of sp³-hybridized carbons (Fsp3) is 0.875. The largest absolute Gasteiger partial charge is 0.394 e. The summed E-state index contributed by atoms with van der Waals surface area (Å²) in [5.41, 5.74) is -2.71. The molecule has 5 atom stereocenters. The van der Waals surface area contributed by atoms with Gasteiger partial charge < -0.3 is 30.3 Å². The maximum Gasteiger partial charge on any atom is 0.264 e. The first-order chi connectivity index (χ1) is 7.18. The zero-order valence-corrected chi connectivity index (χ0v) is 9.96. The Morgan fingerprint density at radius 1 is 1.44 bits per heavy atom. The van der Waals surface area contributed by atoms with Gasteiger partial charge in [0.05, 0.1) is 6.61 Å². The van der Waals surface area contributed by atoms with Crippen molar-refractivity contribution in [3.05, 3.63) is 0 Å². The quantitative estimate of drug-likeness (QED) is 0.356. The second-order valence-corrected chi connectivity index (χ2v) is 4.73. The number of ketones is 1. The van der Waals surface area contributed by atoms with Crippen molar-refractivity contribution in [2.24, 2.45) is 0 Å². The number of Topliss-reactive ketones (excluding diaryl/α,β-unsaturated/α-hetero) is 1. The SMILES string of the molecule is CC(=O)[C@]1(O)[C@@H](O)[C@H](O)[C@@H](CO)O[C@]1(O)Br. The van der Waals surface area contributed by atoms with Crippen LogP contribution in [0.1, 0.15) is 6.92 Å². The Bertz CT molecular complexity index is 294. The van der Waals surface area contributed by atoms with Crippen LogP contribution >= 0.6 is 15.9 Å². The van der Waals surface area contributed by atoms with Crippen LogP contribution in [-0.2, 0) is 9.53 Å². The fourth-order valence-corrected chi connectivity index (χ4v) is 2.32. The molecule has 0 aromatic rings. The molecule has 1 fully saturated rings. The predicted octanol–water partition coefficient (Wildman–Crippen LogP) is -2.54. The average Bonchev–Trinajstić information content (AvgIpc) is 2.20. The minimum absolute atomic E-state index is 0.694. The molecule has 0 radical (unpaired) electrons. The molecular formula is C8H13BrO7. The highest BCUT2D eigenvalue weighted by atomic mass is 79.9. The number of hydrogen-bond donors (Lipinski definition) is 5. The van der Waals surface area contributed by atoms with E-state index in [-0.39, 0.29) is 0 Å². The van der Waals surface area contributed by atoms with Crippen LogP contribution in [0.2, 0.25) is 0 Å². The third-order valence-electron chi connectivity index (χ3n) is 2.63. The summed E-state index contributed by atoms with van der Waals surface area (Å²) in [6.45, 7) is 0.227. The molecule has 5 N–H and O–H groups in total. The van der Waals surface area contributed by atoms with Gasteiger partial charge in [0.2, 0.25) is 5.60 Å². The first kappa shape index (κ1) is 14.0. The summed E-state index contributed by atoms with van der Waals surface area (Å²) in [6, 6.07) is 0. The zero-order chi connectivity index (χ0) is 12.7. The van der Waals surface area contributed by atoms with Gasteiger partial charge in [-0.2, -0.15) is 0 Å². The highest BCUT2D eigenvalue weighted by molar-refractivity contribution is 9.10. The molecule has 0 bridgehead atoms. The maximum atomic E-state index is 11.2. The van der Waals surface area contributed by atoms with Crippen molar-refractivity contribution in [2.75, 3.05) is 6.61 Å². The van der Waals surface area contributed by atoms with Crippen molar-refractivity contribution >= 4 is 21.7 Å². The van der Waals surface area contributed by atoms with Gasteiger partial charge in [0.1, 0.15) is 18.3 Å². The van der Waals surface area contributed by atoms with Gasteiger partial charge in [-0.3, -0.25) is 4.79 Å². The monoisotopic (exact) mass is 300 g/mol. The van der Waals surface area contributed by atoms with E-state index in [0.717, 1.165) is 6.92 Å². The molecule has 8 heteroatoms. The van der Waals surface area contributed by atoms with Gasteiger partial charge in [-0.05, 0) is 22.9 Å². The maximum absolute atomic E-state index is 11.2. The van der Waals surface area contributed by atoms with E-state index in [1.54, 1.807) is 0 Å². The molecule has 0 saturated carbocycles. The summed E-state index contributed by atoms with van der Waals surface area (Å²) < 4.78 is 2.15. The Labute approximate surface area is 99.4 Å². The summed E-state index contributed by atoms with van der Waals surface area (Å²) >= 11 is 2.54. The molecule has 1 heterocycles. The van der Waals surface area contributed by atoms with Crippen LogP contribution in [0.25, 0.3) is 0 Å². The van der Waals surface area contributed by atoms with E-state index in [0.29, 0.717) is 0 Å². The van der Waals surface area contributed by atoms with E-state index in [1.165, 1.54) is 0 Å². The van der Waals surface area contributed by atoms with Gasteiger partial charge in [-0.15, -0.1) is 0 Å². The van der Waals surface area contributed by atoms with Gasteiger partial charge >= 0.3 is 0 Å². The molecule has 0 spiro atoms. The number of alkyl halides is 1. The molecule has 1 rings (SSSR count). The predicted molar refractivity (Wildman–Crippen MR) is 53.5 cm³/mol. The first-order valence-electron chi connectivity index (χ1n) is 4.48. The zero-order valence-electron chi connectivity index (χ0n) is 8.37. The summed E-state index contributed by atoms with van der Waals surface area (Å²) in [5, 5.41) is 47.5. The standard InChI is InChI=1S/C8H13BrO7/c1-3(11)7(14)6(13)5(12)4(2-10)16-8(7,9)15/h4-6,10,12-15H,2H2,1H3/t4-,5-,6+,7+,8+/m1/s1. The van der Waals surface area contributed by atoms with Gasteiger partial charge in [0, 0.05) is 0 Å². The van der Waals surface area contributed by atoms with E-state index in [2.05, 4.69) is 15.9 Å².